The van der Waals surface area contributed by atoms with E-state index in [-0.39, 0.29) is 6.42 Å². The topological polar surface area (TPSA) is 37.3 Å². The molecule has 0 atom stereocenters. The van der Waals surface area contributed by atoms with Crippen molar-refractivity contribution in [2.45, 2.75) is 19.3 Å². The van der Waals surface area contributed by atoms with Crippen molar-refractivity contribution < 1.29 is 9.90 Å². The van der Waals surface area contributed by atoms with Crippen molar-refractivity contribution in [2.75, 3.05) is 0 Å². The fourth-order valence-corrected chi connectivity index (χ4v) is 1.90. The lowest BCUT2D eigenvalue weighted by Gasteiger charge is -1.99. The summed E-state index contributed by atoms with van der Waals surface area (Å²) in [5.41, 5.74) is 1.16. The monoisotopic (exact) mass is 240 g/mol. The van der Waals surface area contributed by atoms with Crippen LogP contribution in [0.25, 0.3) is 16.8 Å². The highest BCUT2D eigenvalue weighted by molar-refractivity contribution is 5.84. The van der Waals surface area contributed by atoms with E-state index in [9.17, 15) is 4.79 Å². The van der Waals surface area contributed by atoms with Crippen LogP contribution in [0.3, 0.4) is 0 Å². The highest BCUT2D eigenvalue weighted by Crippen LogP contribution is 2.16. The van der Waals surface area contributed by atoms with Gasteiger partial charge in [-0.15, -0.1) is 0 Å². The first-order valence-corrected chi connectivity index (χ1v) is 6.13. The van der Waals surface area contributed by atoms with Crippen molar-refractivity contribution in [2.24, 2.45) is 0 Å². The van der Waals surface area contributed by atoms with Crippen LogP contribution >= 0.6 is 0 Å². The second-order valence-corrected chi connectivity index (χ2v) is 4.29. The van der Waals surface area contributed by atoms with Crippen LogP contribution in [-0.2, 0) is 4.79 Å². The maximum Gasteiger partial charge on any atom is 0.303 e. The third kappa shape index (κ3) is 3.45. The summed E-state index contributed by atoms with van der Waals surface area (Å²) in [5.74, 6) is -0.728. The summed E-state index contributed by atoms with van der Waals surface area (Å²) < 4.78 is 0. The van der Waals surface area contributed by atoms with Gasteiger partial charge in [-0.25, -0.2) is 0 Å². The van der Waals surface area contributed by atoms with Crippen LogP contribution in [-0.4, -0.2) is 11.1 Å². The van der Waals surface area contributed by atoms with Gasteiger partial charge in [-0.1, -0.05) is 48.6 Å². The molecule has 0 fully saturated rings. The Labute approximate surface area is 107 Å². The number of allylic oxidation sites excluding steroid dienone is 1. The van der Waals surface area contributed by atoms with Gasteiger partial charge in [-0.05, 0) is 35.2 Å². The number of hydrogen-bond acceptors (Lipinski definition) is 1. The van der Waals surface area contributed by atoms with E-state index in [2.05, 4.69) is 30.3 Å². The van der Waals surface area contributed by atoms with Gasteiger partial charge in [0.2, 0.25) is 0 Å². The molecule has 92 valence electrons. The molecular formula is C16H16O2. The highest BCUT2D eigenvalue weighted by Gasteiger charge is 1.94. The molecule has 0 aromatic heterocycles. The summed E-state index contributed by atoms with van der Waals surface area (Å²) in [5, 5.41) is 11.0. The third-order valence-electron chi connectivity index (χ3n) is 2.85. The van der Waals surface area contributed by atoms with Crippen LogP contribution in [0.4, 0.5) is 0 Å². The molecule has 2 aromatic rings. The summed E-state index contributed by atoms with van der Waals surface area (Å²) in [6.45, 7) is 0. The summed E-state index contributed by atoms with van der Waals surface area (Å²) in [6, 6.07) is 14.6. The molecule has 0 bridgehead atoms. The zero-order chi connectivity index (χ0) is 12.8. The molecule has 2 rings (SSSR count). The van der Waals surface area contributed by atoms with Crippen LogP contribution in [0.1, 0.15) is 24.8 Å². The van der Waals surface area contributed by atoms with E-state index in [1.54, 1.807) is 0 Å². The summed E-state index contributed by atoms with van der Waals surface area (Å²) in [7, 11) is 0. The molecule has 0 spiro atoms. The molecule has 0 unspecified atom stereocenters. The molecule has 2 nitrogen and oxygen atoms in total. The first-order chi connectivity index (χ1) is 8.75. The minimum absolute atomic E-state index is 0.238. The summed E-state index contributed by atoms with van der Waals surface area (Å²) >= 11 is 0. The molecule has 0 radical (unpaired) electrons. The minimum Gasteiger partial charge on any atom is -0.481 e. The maximum atomic E-state index is 10.4. The van der Waals surface area contributed by atoms with Gasteiger partial charge >= 0.3 is 5.97 Å². The molecule has 0 heterocycles. The number of carboxylic acid groups (broad SMARTS) is 1. The second-order valence-electron chi connectivity index (χ2n) is 4.29. The minimum atomic E-state index is -0.728. The first kappa shape index (κ1) is 12.4. The number of rotatable bonds is 5. The predicted octanol–water partition coefficient (Wildman–Crippen LogP) is 4.11. The average molecular weight is 240 g/mol. The molecule has 0 aliphatic heterocycles. The Balaban J connectivity index is 1.99. The lowest BCUT2D eigenvalue weighted by molar-refractivity contribution is -0.137. The van der Waals surface area contributed by atoms with Crippen molar-refractivity contribution in [3.05, 3.63) is 54.1 Å². The number of benzene rings is 2. The number of unbranched alkanes of at least 4 members (excludes halogenated alkanes) is 1. The van der Waals surface area contributed by atoms with E-state index in [0.717, 1.165) is 12.0 Å². The Morgan fingerprint density at radius 1 is 1.11 bits per heavy atom. The molecule has 2 aromatic carbocycles. The van der Waals surface area contributed by atoms with Gasteiger partial charge in [0.1, 0.15) is 0 Å². The Bertz CT molecular complexity index is 570. The normalized spacial score (nSPS) is 11.1. The molecule has 0 saturated heterocycles. The van der Waals surface area contributed by atoms with Gasteiger partial charge in [0, 0.05) is 6.42 Å². The lowest BCUT2D eigenvalue weighted by atomic mass is 10.1. The van der Waals surface area contributed by atoms with Crippen molar-refractivity contribution in [1.82, 2.24) is 0 Å². The van der Waals surface area contributed by atoms with Gasteiger partial charge in [0.05, 0.1) is 0 Å². The van der Waals surface area contributed by atoms with Crippen LogP contribution < -0.4 is 0 Å². The Morgan fingerprint density at radius 3 is 2.67 bits per heavy atom. The van der Waals surface area contributed by atoms with Crippen molar-refractivity contribution in [3.63, 3.8) is 0 Å². The molecule has 0 saturated carbocycles. The average Bonchev–Trinajstić information content (AvgIpc) is 2.38. The van der Waals surface area contributed by atoms with Gasteiger partial charge < -0.3 is 5.11 Å². The number of fused-ring (bicyclic) bond motifs is 1. The standard InChI is InChI=1S/C16H16O2/c17-16(18)9-3-1-2-6-13-10-11-14-7-4-5-8-15(14)12-13/h2,4-8,10-12H,1,3,9H2,(H,17,18). The molecule has 1 N–H and O–H groups in total. The van der Waals surface area contributed by atoms with Crippen molar-refractivity contribution in [3.8, 4) is 0 Å². The fourth-order valence-electron chi connectivity index (χ4n) is 1.90. The Kier molecular flexibility index (Phi) is 4.13. The maximum absolute atomic E-state index is 10.4. The van der Waals surface area contributed by atoms with E-state index in [4.69, 9.17) is 5.11 Å². The van der Waals surface area contributed by atoms with Crippen molar-refractivity contribution >= 4 is 22.8 Å². The fraction of sp³-hybridized carbons (Fsp3) is 0.188. The van der Waals surface area contributed by atoms with E-state index >= 15 is 0 Å². The van der Waals surface area contributed by atoms with E-state index in [1.807, 2.05) is 24.3 Å². The van der Waals surface area contributed by atoms with Crippen LogP contribution in [0.5, 0.6) is 0 Å². The smallest absolute Gasteiger partial charge is 0.303 e. The number of carbonyl (C=O) groups is 1. The molecule has 0 aliphatic carbocycles. The molecule has 18 heavy (non-hydrogen) atoms. The zero-order valence-electron chi connectivity index (χ0n) is 10.2. The van der Waals surface area contributed by atoms with Crippen LogP contribution in [0.15, 0.2) is 48.5 Å². The Morgan fingerprint density at radius 2 is 1.89 bits per heavy atom. The SMILES string of the molecule is O=C(O)CCCC=Cc1ccc2ccccc2c1. The Hall–Kier alpha value is -2.09. The van der Waals surface area contributed by atoms with E-state index in [0.29, 0.717) is 6.42 Å². The van der Waals surface area contributed by atoms with E-state index in [1.165, 1.54) is 10.8 Å². The predicted molar refractivity (Wildman–Crippen MR) is 74.5 cm³/mol. The first-order valence-electron chi connectivity index (χ1n) is 6.13. The van der Waals surface area contributed by atoms with Crippen LogP contribution in [0, 0.1) is 0 Å². The highest BCUT2D eigenvalue weighted by atomic mass is 16.4. The number of aliphatic carboxylic acids is 1. The number of carboxylic acids is 1. The largest absolute Gasteiger partial charge is 0.481 e. The molecule has 0 aliphatic rings. The zero-order valence-corrected chi connectivity index (χ0v) is 10.2. The summed E-state index contributed by atoms with van der Waals surface area (Å²) in [6.07, 6.45) is 5.82. The number of hydrogen-bond donors (Lipinski definition) is 1. The van der Waals surface area contributed by atoms with Gasteiger partial charge in [0.25, 0.3) is 0 Å². The summed E-state index contributed by atoms with van der Waals surface area (Å²) in [4.78, 5) is 10.4. The molecule has 0 amide bonds. The molecule has 2 heteroatoms. The quantitative estimate of drug-likeness (QED) is 0.798. The van der Waals surface area contributed by atoms with E-state index < -0.39 is 5.97 Å². The molecular weight excluding hydrogens is 224 g/mol. The lowest BCUT2D eigenvalue weighted by Crippen LogP contribution is -1.92. The third-order valence-corrected chi connectivity index (χ3v) is 2.85. The van der Waals surface area contributed by atoms with Crippen molar-refractivity contribution in [1.29, 1.82) is 0 Å². The van der Waals surface area contributed by atoms with Gasteiger partial charge in [-0.2, -0.15) is 0 Å². The van der Waals surface area contributed by atoms with Crippen LogP contribution in [0.2, 0.25) is 0 Å². The van der Waals surface area contributed by atoms with Gasteiger partial charge in [-0.3, -0.25) is 4.79 Å². The van der Waals surface area contributed by atoms with Gasteiger partial charge in [0.15, 0.2) is 0 Å². The second kappa shape index (κ2) is 6.01.